The summed E-state index contributed by atoms with van der Waals surface area (Å²) in [6.45, 7) is 6.53. The van der Waals surface area contributed by atoms with Gasteiger partial charge in [-0.2, -0.15) is 4.31 Å². The van der Waals surface area contributed by atoms with E-state index in [1.54, 1.807) is 19.1 Å². The molecule has 1 heterocycles. The van der Waals surface area contributed by atoms with E-state index in [0.717, 1.165) is 15.4 Å². The minimum atomic E-state index is -3.95. The van der Waals surface area contributed by atoms with Gasteiger partial charge in [-0.25, -0.2) is 8.42 Å². The summed E-state index contributed by atoms with van der Waals surface area (Å²) in [7, 11) is -3.95. The second-order valence-corrected chi connectivity index (χ2v) is 10.6. The third-order valence-corrected chi connectivity index (χ3v) is 7.82. The lowest BCUT2D eigenvalue weighted by molar-refractivity contribution is -0.153. The lowest BCUT2D eigenvalue weighted by atomic mass is 9.95. The first-order valence-corrected chi connectivity index (χ1v) is 12.9. The van der Waals surface area contributed by atoms with E-state index in [0.29, 0.717) is 26.2 Å². The predicted molar refractivity (Wildman–Crippen MR) is 129 cm³/mol. The average molecular weight is 488 g/mol. The van der Waals surface area contributed by atoms with Gasteiger partial charge in [0.25, 0.3) is 0 Å². The summed E-state index contributed by atoms with van der Waals surface area (Å²) < 4.78 is 33.2. The Balaban J connectivity index is 1.86. The van der Waals surface area contributed by atoms with Crippen LogP contribution in [0.4, 0.5) is 0 Å². The Morgan fingerprint density at radius 3 is 2.44 bits per heavy atom. The Bertz CT molecular complexity index is 1090. The Kier molecular flexibility index (Phi) is 8.46. The quantitative estimate of drug-likeness (QED) is 0.519. The molecule has 184 valence electrons. The van der Waals surface area contributed by atoms with E-state index in [9.17, 15) is 18.0 Å². The molecule has 0 bridgehead atoms. The number of nitrogens with zero attached hydrogens (tertiary/aromatic N) is 2. The normalized spacial score (nSPS) is 19.3. The molecule has 2 aromatic carbocycles. The van der Waals surface area contributed by atoms with Crippen LogP contribution in [0.3, 0.4) is 0 Å². The second kappa shape index (κ2) is 11.1. The number of rotatable bonds is 10. The molecule has 2 aromatic rings. The SMILES string of the molecule is CCOCCCN1C(=O)CN(S(=O)(=O)c2ccc(C)cc2)C[C@]1(C)C(=O)NCc1ccccc1. The highest BCUT2D eigenvalue weighted by atomic mass is 32.2. The molecule has 3 rings (SSSR count). The number of piperazine rings is 1. The fraction of sp³-hybridized carbons (Fsp3) is 0.440. The van der Waals surface area contributed by atoms with E-state index >= 15 is 0 Å². The number of aryl methyl sites for hydroxylation is 1. The Morgan fingerprint density at radius 1 is 1.12 bits per heavy atom. The number of ether oxygens (including phenoxy) is 1. The molecule has 0 unspecified atom stereocenters. The molecule has 2 amide bonds. The molecule has 0 aromatic heterocycles. The van der Waals surface area contributed by atoms with E-state index < -0.39 is 27.4 Å². The van der Waals surface area contributed by atoms with Gasteiger partial charge in [-0.3, -0.25) is 9.59 Å². The van der Waals surface area contributed by atoms with Gasteiger partial charge in [0.05, 0.1) is 11.4 Å². The highest BCUT2D eigenvalue weighted by Crippen LogP contribution is 2.28. The van der Waals surface area contributed by atoms with E-state index in [-0.39, 0.29) is 24.5 Å². The first-order valence-electron chi connectivity index (χ1n) is 11.5. The number of sulfonamides is 1. The van der Waals surface area contributed by atoms with Crippen LogP contribution in [0.15, 0.2) is 59.5 Å². The van der Waals surface area contributed by atoms with Gasteiger partial charge in [-0.05, 0) is 44.9 Å². The Hall–Kier alpha value is -2.75. The minimum absolute atomic E-state index is 0.0998. The van der Waals surface area contributed by atoms with Crippen LogP contribution in [0, 0.1) is 6.92 Å². The molecule has 1 aliphatic heterocycles. The summed E-state index contributed by atoms with van der Waals surface area (Å²) in [4.78, 5) is 28.2. The summed E-state index contributed by atoms with van der Waals surface area (Å²) in [5.74, 6) is -0.805. The number of carbonyl (C=O) groups excluding carboxylic acids is 2. The molecule has 1 aliphatic rings. The number of hydrogen-bond acceptors (Lipinski definition) is 5. The molecule has 0 spiro atoms. The molecule has 1 fully saturated rings. The van der Waals surface area contributed by atoms with Crippen LogP contribution in [0.5, 0.6) is 0 Å². The largest absolute Gasteiger partial charge is 0.382 e. The Morgan fingerprint density at radius 2 is 1.79 bits per heavy atom. The molecule has 0 aliphatic carbocycles. The maximum atomic E-state index is 13.4. The number of benzene rings is 2. The summed E-state index contributed by atoms with van der Waals surface area (Å²) >= 11 is 0. The second-order valence-electron chi connectivity index (χ2n) is 8.62. The van der Waals surface area contributed by atoms with Crippen molar-refractivity contribution in [3.8, 4) is 0 Å². The van der Waals surface area contributed by atoms with Gasteiger partial charge in [0.2, 0.25) is 21.8 Å². The van der Waals surface area contributed by atoms with Crippen LogP contribution in [0.2, 0.25) is 0 Å². The van der Waals surface area contributed by atoms with Crippen LogP contribution in [0.25, 0.3) is 0 Å². The van der Waals surface area contributed by atoms with Crippen LogP contribution >= 0.6 is 0 Å². The fourth-order valence-corrected chi connectivity index (χ4v) is 5.51. The van der Waals surface area contributed by atoms with E-state index in [1.807, 2.05) is 44.2 Å². The first-order chi connectivity index (χ1) is 16.2. The standard InChI is InChI=1S/C25H33N3O5S/c1-4-33-16-8-15-28-23(29)18-27(34(31,32)22-13-11-20(2)12-14-22)19-25(28,3)24(30)26-17-21-9-6-5-7-10-21/h5-7,9-14H,4,8,15-19H2,1-3H3,(H,26,30)/t25-/m1/s1. The van der Waals surface area contributed by atoms with Gasteiger partial charge in [0, 0.05) is 32.8 Å². The lowest BCUT2D eigenvalue weighted by Crippen LogP contribution is -2.69. The van der Waals surface area contributed by atoms with Crippen LogP contribution in [-0.4, -0.2) is 67.8 Å². The fourth-order valence-electron chi connectivity index (χ4n) is 4.03. The monoisotopic (exact) mass is 487 g/mol. The van der Waals surface area contributed by atoms with Crippen LogP contribution in [0.1, 0.15) is 31.4 Å². The van der Waals surface area contributed by atoms with Crippen molar-refractivity contribution in [2.45, 2.75) is 44.2 Å². The first kappa shape index (κ1) is 25.9. The maximum absolute atomic E-state index is 13.4. The number of amides is 2. The van der Waals surface area contributed by atoms with E-state index in [1.165, 1.54) is 17.0 Å². The van der Waals surface area contributed by atoms with Crippen molar-refractivity contribution in [2.24, 2.45) is 0 Å². The topological polar surface area (TPSA) is 96.0 Å². The van der Waals surface area contributed by atoms with E-state index in [4.69, 9.17) is 4.74 Å². The number of nitrogens with one attached hydrogen (secondary N) is 1. The summed E-state index contributed by atoms with van der Waals surface area (Å²) in [5.41, 5.74) is 0.474. The molecule has 34 heavy (non-hydrogen) atoms. The van der Waals surface area contributed by atoms with Crippen molar-refractivity contribution in [1.29, 1.82) is 0 Å². The molecule has 1 N–H and O–H groups in total. The zero-order valence-electron chi connectivity index (χ0n) is 20.0. The zero-order chi connectivity index (χ0) is 24.8. The zero-order valence-corrected chi connectivity index (χ0v) is 20.8. The van der Waals surface area contributed by atoms with Gasteiger partial charge in [-0.1, -0.05) is 48.0 Å². The van der Waals surface area contributed by atoms with Crippen molar-refractivity contribution >= 4 is 21.8 Å². The minimum Gasteiger partial charge on any atom is -0.382 e. The lowest BCUT2D eigenvalue weighted by Gasteiger charge is -2.46. The number of hydrogen-bond donors (Lipinski definition) is 1. The van der Waals surface area contributed by atoms with Crippen LogP contribution in [-0.2, 0) is 30.9 Å². The molecule has 0 saturated carbocycles. The Labute approximate surface area is 201 Å². The average Bonchev–Trinajstić information content (AvgIpc) is 2.82. The van der Waals surface area contributed by atoms with Gasteiger partial charge < -0.3 is 15.0 Å². The maximum Gasteiger partial charge on any atom is 0.247 e. The molecule has 8 nitrogen and oxygen atoms in total. The summed E-state index contributed by atoms with van der Waals surface area (Å²) in [6.07, 6.45) is 0.547. The van der Waals surface area contributed by atoms with Gasteiger partial charge in [0.1, 0.15) is 5.54 Å². The van der Waals surface area contributed by atoms with Crippen molar-refractivity contribution in [3.05, 3.63) is 65.7 Å². The number of carbonyl (C=O) groups is 2. The van der Waals surface area contributed by atoms with Crippen molar-refractivity contribution < 1.29 is 22.7 Å². The molecule has 1 saturated heterocycles. The van der Waals surface area contributed by atoms with Crippen LogP contribution < -0.4 is 5.32 Å². The van der Waals surface area contributed by atoms with Crippen molar-refractivity contribution in [2.75, 3.05) is 32.8 Å². The summed E-state index contributed by atoms with van der Waals surface area (Å²) in [6, 6.07) is 15.9. The smallest absolute Gasteiger partial charge is 0.247 e. The molecule has 0 radical (unpaired) electrons. The van der Waals surface area contributed by atoms with Gasteiger partial charge >= 0.3 is 0 Å². The van der Waals surface area contributed by atoms with Gasteiger partial charge in [-0.15, -0.1) is 0 Å². The molecular weight excluding hydrogens is 454 g/mol. The molecular formula is C25H33N3O5S. The van der Waals surface area contributed by atoms with E-state index in [2.05, 4.69) is 5.32 Å². The summed E-state index contributed by atoms with van der Waals surface area (Å²) in [5, 5.41) is 2.89. The van der Waals surface area contributed by atoms with Crippen molar-refractivity contribution in [3.63, 3.8) is 0 Å². The molecule has 1 atom stereocenters. The molecule has 9 heteroatoms. The van der Waals surface area contributed by atoms with Gasteiger partial charge in [0.15, 0.2) is 0 Å². The highest BCUT2D eigenvalue weighted by molar-refractivity contribution is 7.89. The van der Waals surface area contributed by atoms with Crippen molar-refractivity contribution in [1.82, 2.24) is 14.5 Å². The highest BCUT2D eigenvalue weighted by Gasteiger charge is 2.50. The predicted octanol–water partition coefficient (Wildman–Crippen LogP) is 2.33. The third kappa shape index (κ3) is 5.84. The third-order valence-electron chi connectivity index (χ3n) is 6.01.